The predicted molar refractivity (Wildman–Crippen MR) is 117 cm³/mol. The summed E-state index contributed by atoms with van der Waals surface area (Å²) in [6.07, 6.45) is 5.61. The van der Waals surface area contributed by atoms with Gasteiger partial charge in [0.25, 0.3) is 0 Å². The molecule has 0 saturated carbocycles. The Morgan fingerprint density at radius 2 is 1.93 bits per heavy atom. The first-order valence-electron chi connectivity index (χ1n) is 10.8. The van der Waals surface area contributed by atoms with Crippen molar-refractivity contribution in [2.24, 2.45) is 5.73 Å². The molecule has 0 atom stereocenters. The molecule has 1 aliphatic carbocycles. The molecule has 2 N–H and O–H groups in total. The second-order valence-electron chi connectivity index (χ2n) is 7.98. The summed E-state index contributed by atoms with van der Waals surface area (Å²) in [6.45, 7) is 6.47. The van der Waals surface area contributed by atoms with Crippen LogP contribution in [0.15, 0.2) is 36.4 Å². The Bertz CT molecular complexity index is 844. The van der Waals surface area contributed by atoms with Gasteiger partial charge in [-0.3, -0.25) is 9.69 Å². The molecule has 154 valence electrons. The zero-order valence-electron chi connectivity index (χ0n) is 17.1. The molecular weight excluding hydrogens is 362 g/mol. The molecule has 29 heavy (non-hydrogen) atoms. The number of anilines is 1. The summed E-state index contributed by atoms with van der Waals surface area (Å²) >= 11 is 0. The number of fused-ring (bicyclic) bond motifs is 1. The van der Waals surface area contributed by atoms with Crippen molar-refractivity contribution in [3.05, 3.63) is 58.7 Å². The fourth-order valence-electron chi connectivity index (χ4n) is 4.54. The standard InChI is InChI=1S/C24H31N3O2/c25-17-20-8-9-22(16-21(20)18-28)29-15-3-10-26-11-13-27(14-12-26)24-7-2-5-19-4-1-6-23(19)24/h2,5,7-9,16,18H,1,3-4,6,10-15,17,25H2. The van der Waals surface area contributed by atoms with Gasteiger partial charge in [-0.25, -0.2) is 0 Å². The molecule has 1 aliphatic heterocycles. The van der Waals surface area contributed by atoms with Crippen molar-refractivity contribution in [1.82, 2.24) is 4.90 Å². The summed E-state index contributed by atoms with van der Waals surface area (Å²) < 4.78 is 5.84. The largest absolute Gasteiger partial charge is 0.494 e. The molecular formula is C24H31N3O2. The fraction of sp³-hybridized carbons (Fsp3) is 0.458. The first-order valence-corrected chi connectivity index (χ1v) is 10.8. The number of piperazine rings is 1. The third-order valence-electron chi connectivity index (χ3n) is 6.19. The van der Waals surface area contributed by atoms with Crippen molar-refractivity contribution < 1.29 is 9.53 Å². The SMILES string of the molecule is NCc1ccc(OCCCN2CCN(c3cccc4c3CCC4)CC2)cc1C=O. The van der Waals surface area contributed by atoms with E-state index < -0.39 is 0 Å². The minimum atomic E-state index is 0.367. The molecule has 0 unspecified atom stereocenters. The Morgan fingerprint density at radius 3 is 2.72 bits per heavy atom. The number of ether oxygens (including phenoxy) is 1. The van der Waals surface area contributed by atoms with Gasteiger partial charge < -0.3 is 15.4 Å². The van der Waals surface area contributed by atoms with Gasteiger partial charge in [0.05, 0.1) is 6.61 Å². The van der Waals surface area contributed by atoms with Gasteiger partial charge in [0.15, 0.2) is 6.29 Å². The third kappa shape index (κ3) is 4.62. The second-order valence-corrected chi connectivity index (χ2v) is 7.98. The molecule has 0 radical (unpaired) electrons. The molecule has 2 aromatic carbocycles. The van der Waals surface area contributed by atoms with Crippen molar-refractivity contribution in [2.45, 2.75) is 32.2 Å². The van der Waals surface area contributed by atoms with E-state index >= 15 is 0 Å². The molecule has 5 nitrogen and oxygen atoms in total. The number of carbonyl (C=O) groups is 1. The summed E-state index contributed by atoms with van der Waals surface area (Å²) in [5.41, 5.74) is 11.7. The zero-order valence-corrected chi connectivity index (χ0v) is 17.1. The molecule has 0 amide bonds. The van der Waals surface area contributed by atoms with Gasteiger partial charge in [-0.15, -0.1) is 0 Å². The summed E-state index contributed by atoms with van der Waals surface area (Å²) in [5, 5.41) is 0. The Balaban J connectivity index is 1.21. The first kappa shape index (κ1) is 19.9. The van der Waals surface area contributed by atoms with Gasteiger partial charge in [-0.1, -0.05) is 18.2 Å². The molecule has 1 fully saturated rings. The highest BCUT2D eigenvalue weighted by Crippen LogP contribution is 2.31. The van der Waals surface area contributed by atoms with Crippen molar-refractivity contribution in [2.75, 3.05) is 44.2 Å². The van der Waals surface area contributed by atoms with Crippen LogP contribution < -0.4 is 15.4 Å². The average Bonchev–Trinajstić information content (AvgIpc) is 3.26. The van der Waals surface area contributed by atoms with Crippen LogP contribution in [0.25, 0.3) is 0 Å². The van der Waals surface area contributed by atoms with Crippen LogP contribution in [0.1, 0.15) is 39.9 Å². The number of aldehydes is 1. The van der Waals surface area contributed by atoms with Crippen molar-refractivity contribution in [1.29, 1.82) is 0 Å². The molecule has 1 saturated heterocycles. The number of nitrogens with two attached hydrogens (primary N) is 1. The van der Waals surface area contributed by atoms with Crippen molar-refractivity contribution in [3.8, 4) is 5.75 Å². The maximum absolute atomic E-state index is 11.1. The summed E-state index contributed by atoms with van der Waals surface area (Å²) in [7, 11) is 0. The fourth-order valence-corrected chi connectivity index (χ4v) is 4.54. The molecule has 1 heterocycles. The highest BCUT2D eigenvalue weighted by molar-refractivity contribution is 5.78. The van der Waals surface area contributed by atoms with Gasteiger partial charge in [0, 0.05) is 50.5 Å². The number of hydrogen-bond donors (Lipinski definition) is 1. The number of benzene rings is 2. The summed E-state index contributed by atoms with van der Waals surface area (Å²) in [4.78, 5) is 16.2. The third-order valence-corrected chi connectivity index (χ3v) is 6.19. The van der Waals surface area contributed by atoms with E-state index in [-0.39, 0.29) is 0 Å². The van der Waals surface area contributed by atoms with Crippen LogP contribution in [0.4, 0.5) is 5.69 Å². The molecule has 0 spiro atoms. The molecule has 4 rings (SSSR count). The molecule has 2 aliphatic rings. The number of hydrogen-bond acceptors (Lipinski definition) is 5. The Labute approximate surface area is 173 Å². The van der Waals surface area contributed by atoms with Crippen LogP contribution in [0, 0.1) is 0 Å². The summed E-state index contributed by atoms with van der Waals surface area (Å²) in [6, 6.07) is 12.4. The van der Waals surface area contributed by atoms with Crippen LogP contribution in [-0.2, 0) is 19.4 Å². The van der Waals surface area contributed by atoms with E-state index in [1.54, 1.807) is 17.2 Å². The first-order chi connectivity index (χ1) is 14.3. The number of aryl methyl sites for hydroxylation is 1. The summed E-state index contributed by atoms with van der Waals surface area (Å²) in [5.74, 6) is 0.743. The molecule has 0 bridgehead atoms. The van der Waals surface area contributed by atoms with Gasteiger partial charge in [-0.2, -0.15) is 0 Å². The molecule has 0 aromatic heterocycles. The lowest BCUT2D eigenvalue weighted by molar-refractivity contribution is 0.112. The number of nitrogens with zero attached hydrogens (tertiary/aromatic N) is 2. The zero-order chi connectivity index (χ0) is 20.1. The van der Waals surface area contributed by atoms with Crippen LogP contribution in [0.5, 0.6) is 5.75 Å². The minimum absolute atomic E-state index is 0.367. The van der Waals surface area contributed by atoms with Gasteiger partial charge >= 0.3 is 0 Å². The minimum Gasteiger partial charge on any atom is -0.494 e. The quantitative estimate of drug-likeness (QED) is 0.552. The van der Waals surface area contributed by atoms with Crippen molar-refractivity contribution in [3.63, 3.8) is 0 Å². The van der Waals surface area contributed by atoms with E-state index in [4.69, 9.17) is 10.5 Å². The normalized spacial score (nSPS) is 16.7. The van der Waals surface area contributed by atoms with E-state index in [1.165, 1.54) is 24.9 Å². The van der Waals surface area contributed by atoms with E-state index in [0.29, 0.717) is 18.7 Å². The van der Waals surface area contributed by atoms with E-state index in [0.717, 1.165) is 56.7 Å². The second kappa shape index (κ2) is 9.42. The maximum Gasteiger partial charge on any atom is 0.150 e. The van der Waals surface area contributed by atoms with Crippen LogP contribution >= 0.6 is 0 Å². The lowest BCUT2D eigenvalue weighted by Gasteiger charge is -2.37. The predicted octanol–water partition coefficient (Wildman–Crippen LogP) is 3.04. The Kier molecular flexibility index (Phi) is 6.47. The van der Waals surface area contributed by atoms with Crippen LogP contribution in [0.3, 0.4) is 0 Å². The van der Waals surface area contributed by atoms with E-state index in [1.807, 2.05) is 12.1 Å². The van der Waals surface area contributed by atoms with Gasteiger partial charge in [0.2, 0.25) is 0 Å². The lowest BCUT2D eigenvalue weighted by Crippen LogP contribution is -2.47. The maximum atomic E-state index is 11.1. The lowest BCUT2D eigenvalue weighted by atomic mass is 10.1. The smallest absolute Gasteiger partial charge is 0.150 e. The van der Waals surface area contributed by atoms with E-state index in [9.17, 15) is 4.79 Å². The number of rotatable bonds is 8. The van der Waals surface area contributed by atoms with Crippen molar-refractivity contribution >= 4 is 12.0 Å². The van der Waals surface area contributed by atoms with Crippen LogP contribution in [0.2, 0.25) is 0 Å². The Hall–Kier alpha value is -2.37. The van der Waals surface area contributed by atoms with Gasteiger partial charge in [-0.05, 0) is 60.6 Å². The van der Waals surface area contributed by atoms with E-state index in [2.05, 4.69) is 28.0 Å². The average molecular weight is 394 g/mol. The Morgan fingerprint density at radius 1 is 1.07 bits per heavy atom. The molecule has 2 aromatic rings. The number of carbonyl (C=O) groups excluding carboxylic acids is 1. The van der Waals surface area contributed by atoms with Gasteiger partial charge in [0.1, 0.15) is 5.75 Å². The monoisotopic (exact) mass is 393 g/mol. The highest BCUT2D eigenvalue weighted by Gasteiger charge is 2.22. The van der Waals surface area contributed by atoms with Crippen LogP contribution in [-0.4, -0.2) is 50.5 Å². The highest BCUT2D eigenvalue weighted by atomic mass is 16.5. The topological polar surface area (TPSA) is 58.8 Å². The molecule has 5 heteroatoms.